The molecule has 145 valence electrons. The molecule has 2 aromatic carbocycles. The molecule has 28 heavy (non-hydrogen) atoms. The van der Waals surface area contributed by atoms with Gasteiger partial charge in [-0.05, 0) is 48.7 Å². The average Bonchev–Trinajstić information content (AvgIpc) is 3.31. The fourth-order valence-electron chi connectivity index (χ4n) is 4.68. The molecule has 0 saturated carbocycles. The first-order valence-electron chi connectivity index (χ1n) is 10.1. The Morgan fingerprint density at radius 2 is 2.04 bits per heavy atom. The lowest BCUT2D eigenvalue weighted by Crippen LogP contribution is -2.45. The van der Waals surface area contributed by atoms with Crippen LogP contribution in [0.3, 0.4) is 0 Å². The molecule has 2 aliphatic rings. The van der Waals surface area contributed by atoms with Gasteiger partial charge in [-0.15, -0.1) is 0 Å². The van der Waals surface area contributed by atoms with Gasteiger partial charge in [0.2, 0.25) is 0 Å². The molecular formula is C23H26N3O2. The Labute approximate surface area is 165 Å². The van der Waals surface area contributed by atoms with Crippen LogP contribution in [0.15, 0.2) is 48.5 Å². The topological polar surface area (TPSA) is 51.6 Å². The standard InChI is InChI=1S/C23H26N3O2/c1-27-18-7-8-21-20(15-18)19-9-11-24-23(22(19)25-21)10-12-26(16-23)13-14-28-17-5-3-2-4-6-17/h2-8,15,25H,9-14,16H2,1H3. The Morgan fingerprint density at radius 1 is 1.14 bits per heavy atom. The van der Waals surface area contributed by atoms with E-state index in [1.807, 2.05) is 36.4 Å². The Morgan fingerprint density at radius 3 is 2.89 bits per heavy atom. The van der Waals surface area contributed by atoms with Crippen molar-refractivity contribution in [1.29, 1.82) is 0 Å². The zero-order valence-corrected chi connectivity index (χ0v) is 16.3. The zero-order valence-electron chi connectivity index (χ0n) is 16.3. The molecule has 1 N–H and O–H groups in total. The number of hydrogen-bond donors (Lipinski definition) is 1. The second-order valence-electron chi connectivity index (χ2n) is 7.74. The highest BCUT2D eigenvalue weighted by Gasteiger charge is 2.45. The largest absolute Gasteiger partial charge is 0.497 e. The first-order chi connectivity index (χ1) is 13.8. The van der Waals surface area contributed by atoms with Crippen LogP contribution in [0.5, 0.6) is 11.5 Å². The first-order valence-corrected chi connectivity index (χ1v) is 10.1. The van der Waals surface area contributed by atoms with Crippen LogP contribution in [0.2, 0.25) is 0 Å². The summed E-state index contributed by atoms with van der Waals surface area (Å²) in [6, 6.07) is 16.3. The van der Waals surface area contributed by atoms with Crippen molar-refractivity contribution in [3.8, 4) is 11.5 Å². The molecule has 0 aliphatic carbocycles. The van der Waals surface area contributed by atoms with E-state index in [1.54, 1.807) is 7.11 Å². The van der Waals surface area contributed by atoms with Crippen LogP contribution in [0, 0.1) is 0 Å². The molecule has 2 aliphatic heterocycles. The van der Waals surface area contributed by atoms with Crippen molar-refractivity contribution in [3.63, 3.8) is 0 Å². The highest BCUT2D eigenvalue weighted by atomic mass is 16.5. The minimum absolute atomic E-state index is 0.105. The molecule has 5 nitrogen and oxygen atoms in total. The van der Waals surface area contributed by atoms with Gasteiger partial charge in [0.1, 0.15) is 18.1 Å². The van der Waals surface area contributed by atoms with Crippen molar-refractivity contribution in [2.45, 2.75) is 18.4 Å². The van der Waals surface area contributed by atoms with Gasteiger partial charge in [-0.2, -0.15) is 0 Å². The predicted octanol–water partition coefficient (Wildman–Crippen LogP) is 3.32. The van der Waals surface area contributed by atoms with E-state index < -0.39 is 0 Å². The Kier molecular flexibility index (Phi) is 4.49. The monoisotopic (exact) mass is 376 g/mol. The Bertz CT molecular complexity index is 969. The molecule has 3 aromatic rings. The highest BCUT2D eigenvalue weighted by molar-refractivity contribution is 5.86. The van der Waals surface area contributed by atoms with Gasteiger partial charge in [-0.3, -0.25) is 4.90 Å². The summed E-state index contributed by atoms with van der Waals surface area (Å²) in [6.07, 6.45) is 2.07. The molecule has 1 radical (unpaired) electrons. The van der Waals surface area contributed by atoms with Crippen molar-refractivity contribution in [2.75, 3.05) is 39.9 Å². The van der Waals surface area contributed by atoms with Gasteiger partial charge in [-0.25, -0.2) is 5.32 Å². The lowest BCUT2D eigenvalue weighted by Gasteiger charge is -2.33. The van der Waals surface area contributed by atoms with Crippen LogP contribution < -0.4 is 14.8 Å². The van der Waals surface area contributed by atoms with Crippen molar-refractivity contribution < 1.29 is 9.47 Å². The number of H-pyrrole nitrogens is 1. The number of hydrogen-bond acceptors (Lipinski definition) is 3. The maximum absolute atomic E-state index is 5.89. The van der Waals surface area contributed by atoms with Crippen LogP contribution in [0.1, 0.15) is 17.7 Å². The van der Waals surface area contributed by atoms with E-state index >= 15 is 0 Å². The average molecular weight is 376 g/mol. The molecule has 1 aromatic heterocycles. The summed E-state index contributed by atoms with van der Waals surface area (Å²) < 4.78 is 11.3. The third kappa shape index (κ3) is 3.05. The van der Waals surface area contributed by atoms with Crippen LogP contribution in [0.25, 0.3) is 10.9 Å². The van der Waals surface area contributed by atoms with E-state index in [0.717, 1.165) is 50.5 Å². The maximum atomic E-state index is 5.89. The SMILES string of the molecule is COc1ccc2[nH]c3c(c2c1)CC[N]C31CCN(CCOc2ccccc2)C1. The Hall–Kier alpha value is -2.50. The van der Waals surface area contributed by atoms with Crippen LogP contribution in [-0.2, 0) is 12.0 Å². The molecule has 3 heterocycles. The lowest BCUT2D eigenvalue weighted by molar-refractivity contribution is 0.216. The lowest BCUT2D eigenvalue weighted by atomic mass is 9.86. The van der Waals surface area contributed by atoms with Crippen molar-refractivity contribution in [2.24, 2.45) is 0 Å². The summed E-state index contributed by atoms with van der Waals surface area (Å²) in [6.45, 7) is 4.54. The maximum Gasteiger partial charge on any atom is 0.119 e. The first kappa shape index (κ1) is 17.6. The van der Waals surface area contributed by atoms with E-state index in [2.05, 4.69) is 22.0 Å². The second kappa shape index (κ2) is 7.15. The summed E-state index contributed by atoms with van der Waals surface area (Å²) in [5.41, 5.74) is 3.82. The number of likely N-dealkylation sites (tertiary alicyclic amines) is 1. The molecule has 1 unspecified atom stereocenters. The fraction of sp³-hybridized carbons (Fsp3) is 0.391. The number of nitrogens with zero attached hydrogens (tertiary/aromatic N) is 2. The number of para-hydroxylation sites is 1. The summed E-state index contributed by atoms with van der Waals surface area (Å²) in [4.78, 5) is 6.18. The molecule has 0 bridgehead atoms. The molecule has 1 atom stereocenters. The number of fused-ring (bicyclic) bond motifs is 4. The second-order valence-corrected chi connectivity index (χ2v) is 7.74. The molecule has 1 spiro atoms. The van der Waals surface area contributed by atoms with Gasteiger partial charge in [0.15, 0.2) is 0 Å². The Balaban J connectivity index is 1.33. The van der Waals surface area contributed by atoms with Gasteiger partial charge >= 0.3 is 0 Å². The number of rotatable bonds is 5. The molecule has 1 saturated heterocycles. The predicted molar refractivity (Wildman–Crippen MR) is 110 cm³/mol. The van der Waals surface area contributed by atoms with Gasteiger partial charge in [0, 0.05) is 42.8 Å². The van der Waals surface area contributed by atoms with Crippen LogP contribution >= 0.6 is 0 Å². The minimum atomic E-state index is -0.105. The van der Waals surface area contributed by atoms with E-state index in [0.29, 0.717) is 6.61 Å². The number of methoxy groups -OCH3 is 1. The molecular weight excluding hydrogens is 350 g/mol. The number of nitrogens with one attached hydrogen (secondary N) is 1. The van der Waals surface area contributed by atoms with E-state index in [9.17, 15) is 0 Å². The van der Waals surface area contributed by atoms with Crippen molar-refractivity contribution in [3.05, 3.63) is 59.8 Å². The van der Waals surface area contributed by atoms with E-state index in [1.165, 1.54) is 22.2 Å². The van der Waals surface area contributed by atoms with Gasteiger partial charge in [-0.1, -0.05) is 18.2 Å². The molecule has 0 amide bonds. The number of ether oxygens (including phenoxy) is 2. The van der Waals surface area contributed by atoms with E-state index in [-0.39, 0.29) is 5.54 Å². The third-order valence-electron chi connectivity index (χ3n) is 6.10. The summed E-state index contributed by atoms with van der Waals surface area (Å²) in [7, 11) is 1.73. The van der Waals surface area contributed by atoms with Gasteiger partial charge in [0.05, 0.1) is 12.6 Å². The normalized spacial score (nSPS) is 21.9. The highest BCUT2D eigenvalue weighted by Crippen LogP contribution is 2.41. The number of benzene rings is 2. The van der Waals surface area contributed by atoms with Gasteiger partial charge < -0.3 is 14.5 Å². The fourth-order valence-corrected chi connectivity index (χ4v) is 4.68. The van der Waals surface area contributed by atoms with Crippen LogP contribution in [-0.4, -0.2) is 49.8 Å². The van der Waals surface area contributed by atoms with Gasteiger partial charge in [0.25, 0.3) is 0 Å². The number of aromatic nitrogens is 1. The zero-order chi connectivity index (χ0) is 19.0. The minimum Gasteiger partial charge on any atom is -0.497 e. The molecule has 5 heteroatoms. The summed E-state index contributed by atoms with van der Waals surface area (Å²) >= 11 is 0. The molecule has 5 rings (SSSR count). The molecule has 1 fully saturated rings. The quantitative estimate of drug-likeness (QED) is 0.743. The summed E-state index contributed by atoms with van der Waals surface area (Å²) in [5.74, 6) is 1.85. The van der Waals surface area contributed by atoms with Crippen molar-refractivity contribution in [1.82, 2.24) is 15.2 Å². The smallest absolute Gasteiger partial charge is 0.119 e. The number of aromatic amines is 1. The summed E-state index contributed by atoms with van der Waals surface area (Å²) in [5, 5.41) is 6.40. The third-order valence-corrected chi connectivity index (χ3v) is 6.10. The van der Waals surface area contributed by atoms with Crippen LogP contribution in [0.4, 0.5) is 0 Å². The van der Waals surface area contributed by atoms with Crippen molar-refractivity contribution >= 4 is 10.9 Å². The van der Waals surface area contributed by atoms with E-state index in [4.69, 9.17) is 14.8 Å².